The van der Waals surface area contributed by atoms with E-state index in [1.165, 1.54) is 17.3 Å². The van der Waals surface area contributed by atoms with Crippen LogP contribution in [0.15, 0.2) is 67.3 Å². The van der Waals surface area contributed by atoms with Gasteiger partial charge in [-0.15, -0.1) is 0 Å². The summed E-state index contributed by atoms with van der Waals surface area (Å²) in [6.45, 7) is 2.63. The van der Waals surface area contributed by atoms with E-state index >= 15 is 0 Å². The first-order valence-corrected chi connectivity index (χ1v) is 10.4. The molecule has 2 unspecified atom stereocenters. The van der Waals surface area contributed by atoms with Crippen molar-refractivity contribution in [2.45, 2.75) is 25.9 Å². The van der Waals surface area contributed by atoms with Crippen molar-refractivity contribution in [2.75, 3.05) is 17.2 Å². The highest BCUT2D eigenvalue weighted by Gasteiger charge is 2.34. The summed E-state index contributed by atoms with van der Waals surface area (Å²) in [5, 5.41) is 9.64. The summed E-state index contributed by atoms with van der Waals surface area (Å²) in [7, 11) is 0. The summed E-state index contributed by atoms with van der Waals surface area (Å²) in [5.74, 6) is -0.830. The standard InChI is InChI=1S/C23H24N6O3/c1-16(29-15-24-14-25-29)22(31)26-19-7-9-20(10-8-19)27-23(32)18-11-21(30)28(13-18)12-17-5-3-2-4-6-17/h2-10,14-16,18H,11-13H2,1H3,(H,26,31)(H,27,32). The number of carbonyl (C=O) groups excluding carboxylic acids is 3. The lowest BCUT2D eigenvalue weighted by molar-refractivity contribution is -0.128. The second-order valence-corrected chi connectivity index (χ2v) is 7.77. The highest BCUT2D eigenvalue weighted by Crippen LogP contribution is 2.23. The molecule has 2 aromatic carbocycles. The van der Waals surface area contributed by atoms with E-state index in [-0.39, 0.29) is 24.1 Å². The summed E-state index contributed by atoms with van der Waals surface area (Å²) in [6.07, 6.45) is 3.06. The Labute approximate surface area is 185 Å². The fraction of sp³-hybridized carbons (Fsp3) is 0.261. The lowest BCUT2D eigenvalue weighted by Crippen LogP contribution is -2.28. The van der Waals surface area contributed by atoms with Gasteiger partial charge in [0.1, 0.15) is 18.7 Å². The number of carbonyl (C=O) groups is 3. The number of amides is 3. The van der Waals surface area contributed by atoms with Crippen LogP contribution in [0.5, 0.6) is 0 Å². The Morgan fingerprint density at radius 1 is 1.06 bits per heavy atom. The summed E-state index contributed by atoms with van der Waals surface area (Å²) >= 11 is 0. The van der Waals surface area contributed by atoms with Crippen LogP contribution in [0, 0.1) is 5.92 Å². The van der Waals surface area contributed by atoms with Crippen LogP contribution in [-0.2, 0) is 20.9 Å². The van der Waals surface area contributed by atoms with Gasteiger partial charge in [0.15, 0.2) is 0 Å². The molecule has 32 heavy (non-hydrogen) atoms. The third-order valence-electron chi connectivity index (χ3n) is 5.43. The number of hydrogen-bond acceptors (Lipinski definition) is 5. The van der Waals surface area contributed by atoms with Gasteiger partial charge in [-0.1, -0.05) is 30.3 Å². The molecule has 3 aromatic rings. The van der Waals surface area contributed by atoms with Crippen molar-refractivity contribution in [3.05, 3.63) is 72.8 Å². The highest BCUT2D eigenvalue weighted by atomic mass is 16.2. The number of nitrogens with one attached hydrogen (secondary N) is 2. The van der Waals surface area contributed by atoms with Crippen molar-refractivity contribution in [3.8, 4) is 0 Å². The summed E-state index contributed by atoms with van der Waals surface area (Å²) in [5.41, 5.74) is 2.24. The SMILES string of the molecule is CC(C(=O)Nc1ccc(NC(=O)C2CC(=O)N(Cc3ccccc3)C2)cc1)n1cncn1. The molecule has 9 nitrogen and oxygen atoms in total. The summed E-state index contributed by atoms with van der Waals surface area (Å²) < 4.78 is 1.47. The Kier molecular flexibility index (Phi) is 6.25. The van der Waals surface area contributed by atoms with Crippen molar-refractivity contribution < 1.29 is 14.4 Å². The van der Waals surface area contributed by atoms with E-state index in [4.69, 9.17) is 0 Å². The van der Waals surface area contributed by atoms with Crippen LogP contribution in [0.1, 0.15) is 24.9 Å². The number of rotatable bonds is 7. The van der Waals surface area contributed by atoms with Crippen molar-refractivity contribution in [2.24, 2.45) is 5.92 Å². The Balaban J connectivity index is 1.30. The van der Waals surface area contributed by atoms with Crippen molar-refractivity contribution >= 4 is 29.1 Å². The van der Waals surface area contributed by atoms with Gasteiger partial charge in [0.2, 0.25) is 17.7 Å². The molecule has 2 N–H and O–H groups in total. The zero-order valence-electron chi connectivity index (χ0n) is 17.6. The largest absolute Gasteiger partial charge is 0.338 e. The Bertz CT molecular complexity index is 1080. The smallest absolute Gasteiger partial charge is 0.249 e. The molecule has 164 valence electrons. The average molecular weight is 432 g/mol. The van der Waals surface area contributed by atoms with Gasteiger partial charge >= 0.3 is 0 Å². The molecule has 1 fully saturated rings. The molecule has 0 radical (unpaired) electrons. The predicted octanol–water partition coefficient (Wildman–Crippen LogP) is 2.46. The van der Waals surface area contributed by atoms with E-state index in [1.54, 1.807) is 36.1 Å². The van der Waals surface area contributed by atoms with Crippen LogP contribution in [-0.4, -0.2) is 43.9 Å². The van der Waals surface area contributed by atoms with Crippen LogP contribution >= 0.6 is 0 Å². The van der Waals surface area contributed by atoms with Gasteiger partial charge in [-0.3, -0.25) is 14.4 Å². The van der Waals surface area contributed by atoms with Crippen LogP contribution in [0.4, 0.5) is 11.4 Å². The molecule has 1 aliphatic rings. The van der Waals surface area contributed by atoms with E-state index < -0.39 is 12.0 Å². The number of anilines is 2. The Morgan fingerprint density at radius 2 is 1.75 bits per heavy atom. The predicted molar refractivity (Wildman–Crippen MR) is 118 cm³/mol. The minimum Gasteiger partial charge on any atom is -0.338 e. The minimum atomic E-state index is -0.504. The molecule has 2 atom stereocenters. The first-order valence-electron chi connectivity index (χ1n) is 10.4. The van der Waals surface area contributed by atoms with Gasteiger partial charge in [-0.25, -0.2) is 9.67 Å². The maximum Gasteiger partial charge on any atom is 0.249 e. The number of nitrogens with zero attached hydrogens (tertiary/aromatic N) is 4. The molecular formula is C23H24N6O3. The van der Waals surface area contributed by atoms with E-state index in [9.17, 15) is 14.4 Å². The zero-order chi connectivity index (χ0) is 22.5. The second kappa shape index (κ2) is 9.42. The summed E-state index contributed by atoms with van der Waals surface area (Å²) in [6, 6.07) is 16.1. The minimum absolute atomic E-state index is 0.0198. The Hall–Kier alpha value is -4.01. The van der Waals surface area contributed by atoms with Gasteiger partial charge in [0.25, 0.3) is 0 Å². The highest BCUT2D eigenvalue weighted by molar-refractivity contribution is 5.98. The molecule has 1 saturated heterocycles. The number of likely N-dealkylation sites (tertiary alicyclic amines) is 1. The molecule has 9 heteroatoms. The fourth-order valence-corrected chi connectivity index (χ4v) is 3.57. The van der Waals surface area contributed by atoms with E-state index in [1.807, 2.05) is 30.3 Å². The fourth-order valence-electron chi connectivity index (χ4n) is 3.57. The average Bonchev–Trinajstić information content (AvgIpc) is 3.46. The molecular weight excluding hydrogens is 408 g/mol. The molecule has 2 heterocycles. The third-order valence-corrected chi connectivity index (χ3v) is 5.43. The third kappa shape index (κ3) is 5.00. The van der Waals surface area contributed by atoms with Crippen molar-refractivity contribution in [3.63, 3.8) is 0 Å². The molecule has 0 saturated carbocycles. The van der Waals surface area contributed by atoms with E-state index in [2.05, 4.69) is 20.7 Å². The first kappa shape index (κ1) is 21.2. The van der Waals surface area contributed by atoms with Gasteiger partial charge in [-0.2, -0.15) is 5.10 Å². The lowest BCUT2D eigenvalue weighted by atomic mass is 10.1. The van der Waals surface area contributed by atoms with Gasteiger partial charge in [0.05, 0.1) is 5.92 Å². The normalized spacial score (nSPS) is 16.6. The molecule has 3 amide bonds. The molecule has 0 spiro atoms. The molecule has 0 aliphatic carbocycles. The van der Waals surface area contributed by atoms with Crippen LogP contribution in [0.25, 0.3) is 0 Å². The maximum atomic E-state index is 12.7. The zero-order valence-corrected chi connectivity index (χ0v) is 17.6. The van der Waals surface area contributed by atoms with Gasteiger partial charge in [0, 0.05) is 30.9 Å². The first-order chi connectivity index (χ1) is 15.5. The number of hydrogen-bond donors (Lipinski definition) is 2. The lowest BCUT2D eigenvalue weighted by Gasteiger charge is -2.17. The maximum absolute atomic E-state index is 12.7. The molecule has 0 bridgehead atoms. The van der Waals surface area contributed by atoms with Crippen LogP contribution < -0.4 is 10.6 Å². The molecule has 1 aromatic heterocycles. The van der Waals surface area contributed by atoms with Crippen LogP contribution in [0.3, 0.4) is 0 Å². The van der Waals surface area contributed by atoms with E-state index in [0.717, 1.165) is 5.56 Å². The number of aromatic nitrogens is 3. The van der Waals surface area contributed by atoms with Crippen LogP contribution in [0.2, 0.25) is 0 Å². The van der Waals surface area contributed by atoms with Crippen molar-refractivity contribution in [1.29, 1.82) is 0 Å². The number of benzene rings is 2. The van der Waals surface area contributed by atoms with E-state index in [0.29, 0.717) is 24.5 Å². The van der Waals surface area contributed by atoms with Gasteiger partial charge in [-0.05, 0) is 36.8 Å². The van der Waals surface area contributed by atoms with Crippen molar-refractivity contribution in [1.82, 2.24) is 19.7 Å². The quantitative estimate of drug-likeness (QED) is 0.596. The monoisotopic (exact) mass is 432 g/mol. The second-order valence-electron chi connectivity index (χ2n) is 7.77. The molecule has 4 rings (SSSR count). The Morgan fingerprint density at radius 3 is 2.41 bits per heavy atom. The molecule has 1 aliphatic heterocycles. The topological polar surface area (TPSA) is 109 Å². The van der Waals surface area contributed by atoms with Gasteiger partial charge < -0.3 is 15.5 Å². The summed E-state index contributed by atoms with van der Waals surface area (Å²) in [4.78, 5) is 42.9.